The summed E-state index contributed by atoms with van der Waals surface area (Å²) in [6.45, 7) is 4.45. The van der Waals surface area contributed by atoms with Gasteiger partial charge < -0.3 is 15.0 Å². The Morgan fingerprint density at radius 2 is 2.04 bits per heavy atom. The van der Waals surface area contributed by atoms with E-state index in [0.717, 1.165) is 19.2 Å². The summed E-state index contributed by atoms with van der Waals surface area (Å²) in [6.07, 6.45) is 0. The third-order valence-electron chi connectivity index (χ3n) is 4.20. The molecule has 0 radical (unpaired) electrons. The summed E-state index contributed by atoms with van der Waals surface area (Å²) in [7, 11) is -0.182. The van der Waals surface area contributed by atoms with E-state index >= 15 is 0 Å². The number of nitro groups is 1. The molecular formula is C15H25N4O5S+. The number of piperazine rings is 1. The molecule has 1 heterocycles. The van der Waals surface area contributed by atoms with Crippen molar-refractivity contribution >= 4 is 21.4 Å². The van der Waals surface area contributed by atoms with Crippen molar-refractivity contribution in [2.45, 2.75) is 17.9 Å². The topological polar surface area (TPSA) is 106 Å². The smallest absolute Gasteiger partial charge is 0.293 e. The predicted octanol–water partition coefficient (Wildman–Crippen LogP) is -0.439. The molecule has 2 N–H and O–H groups in total. The lowest BCUT2D eigenvalue weighted by Gasteiger charge is -2.29. The van der Waals surface area contributed by atoms with Crippen LogP contribution in [0.3, 0.4) is 0 Å². The summed E-state index contributed by atoms with van der Waals surface area (Å²) in [6, 6.07) is 3.84. The largest absolute Gasteiger partial charge is 0.383 e. The lowest BCUT2D eigenvalue weighted by molar-refractivity contribution is -0.883. The summed E-state index contributed by atoms with van der Waals surface area (Å²) in [5.74, 6) is 0. The number of benzene rings is 1. The standard InChI is InChI=1S/C15H24N4O5S/c1-12(11-24-3)16-14-5-4-13(10-15(14)19(20)21)25(22,23)18-8-6-17(2)7-9-18/h4-5,10,12,16H,6-9,11H2,1-3H3/p+1/t12-/m0/s1. The first-order valence-corrected chi connectivity index (χ1v) is 9.55. The average Bonchev–Trinajstić information content (AvgIpc) is 2.55. The van der Waals surface area contributed by atoms with E-state index in [9.17, 15) is 18.5 Å². The van der Waals surface area contributed by atoms with Crippen molar-refractivity contribution in [3.8, 4) is 0 Å². The average molecular weight is 373 g/mol. The lowest BCUT2D eigenvalue weighted by atomic mass is 10.2. The Labute approximate surface area is 147 Å². The van der Waals surface area contributed by atoms with Crippen LogP contribution < -0.4 is 10.2 Å². The van der Waals surface area contributed by atoms with Crippen LogP contribution in [0, 0.1) is 10.1 Å². The van der Waals surface area contributed by atoms with E-state index in [0.29, 0.717) is 19.7 Å². The van der Waals surface area contributed by atoms with Crippen molar-refractivity contribution in [2.24, 2.45) is 0 Å². The molecule has 1 aliphatic rings. The van der Waals surface area contributed by atoms with Crippen molar-refractivity contribution < 1.29 is 23.0 Å². The first kappa shape index (κ1) is 19.6. The molecule has 0 aliphatic carbocycles. The molecule has 1 atom stereocenters. The first-order valence-electron chi connectivity index (χ1n) is 8.11. The van der Waals surface area contributed by atoms with Gasteiger partial charge in [0.15, 0.2) is 0 Å². The molecule has 25 heavy (non-hydrogen) atoms. The highest BCUT2D eigenvalue weighted by Crippen LogP contribution is 2.29. The molecule has 140 valence electrons. The van der Waals surface area contributed by atoms with Crippen LogP contribution in [0.25, 0.3) is 0 Å². The monoisotopic (exact) mass is 373 g/mol. The fraction of sp³-hybridized carbons (Fsp3) is 0.600. The van der Waals surface area contributed by atoms with Gasteiger partial charge in [0.1, 0.15) is 5.69 Å². The number of likely N-dealkylation sites (N-methyl/N-ethyl adjacent to an activating group) is 1. The SMILES string of the molecule is COC[C@H](C)Nc1ccc(S(=O)(=O)N2CC[NH+](C)CC2)cc1[N+](=O)[O-]. The molecule has 0 aromatic heterocycles. The van der Waals surface area contributed by atoms with Gasteiger partial charge in [-0.2, -0.15) is 4.31 Å². The van der Waals surface area contributed by atoms with Gasteiger partial charge in [-0.05, 0) is 19.1 Å². The van der Waals surface area contributed by atoms with Gasteiger partial charge in [-0.15, -0.1) is 0 Å². The first-order chi connectivity index (χ1) is 11.8. The van der Waals surface area contributed by atoms with Crippen molar-refractivity contribution in [3.63, 3.8) is 0 Å². The van der Waals surface area contributed by atoms with Crippen LogP contribution in [0.1, 0.15) is 6.92 Å². The van der Waals surface area contributed by atoms with Gasteiger partial charge in [-0.3, -0.25) is 10.1 Å². The maximum atomic E-state index is 12.8. The number of anilines is 1. The van der Waals surface area contributed by atoms with E-state index in [-0.39, 0.29) is 22.3 Å². The van der Waals surface area contributed by atoms with Crippen molar-refractivity contribution in [2.75, 3.05) is 52.3 Å². The lowest BCUT2D eigenvalue weighted by Crippen LogP contribution is -3.12. The molecule has 10 heteroatoms. The summed E-state index contributed by atoms with van der Waals surface area (Å²) in [4.78, 5) is 12.0. The molecule has 9 nitrogen and oxygen atoms in total. The van der Waals surface area contributed by atoms with Crippen molar-refractivity contribution in [3.05, 3.63) is 28.3 Å². The summed E-state index contributed by atoms with van der Waals surface area (Å²) >= 11 is 0. The van der Waals surface area contributed by atoms with E-state index < -0.39 is 14.9 Å². The maximum absolute atomic E-state index is 12.8. The number of nitrogens with one attached hydrogen (secondary N) is 2. The van der Waals surface area contributed by atoms with E-state index in [1.54, 1.807) is 7.11 Å². The highest BCUT2D eigenvalue weighted by molar-refractivity contribution is 7.89. The second-order valence-electron chi connectivity index (χ2n) is 6.30. The molecular weight excluding hydrogens is 348 g/mol. The van der Waals surface area contributed by atoms with Gasteiger partial charge >= 0.3 is 0 Å². The molecule has 0 bridgehead atoms. The molecule has 1 aromatic carbocycles. The molecule has 1 saturated heterocycles. The van der Waals surface area contributed by atoms with Crippen molar-refractivity contribution in [1.82, 2.24) is 4.31 Å². The summed E-state index contributed by atoms with van der Waals surface area (Å²) in [5.41, 5.74) is 0.0140. The van der Waals surface area contributed by atoms with Crippen LogP contribution in [0.5, 0.6) is 0 Å². The summed E-state index contributed by atoms with van der Waals surface area (Å²) < 4.78 is 31.9. The Hall–Kier alpha value is -1.75. The number of hydrogen-bond donors (Lipinski definition) is 2. The minimum absolute atomic E-state index is 0.0521. The third-order valence-corrected chi connectivity index (χ3v) is 6.09. The molecule has 1 fully saturated rings. The Morgan fingerprint density at radius 3 is 2.60 bits per heavy atom. The van der Waals surface area contributed by atoms with Gasteiger partial charge in [-0.25, -0.2) is 8.42 Å². The zero-order chi connectivity index (χ0) is 18.6. The predicted molar refractivity (Wildman–Crippen MR) is 93.4 cm³/mol. The zero-order valence-electron chi connectivity index (χ0n) is 14.7. The number of quaternary nitrogens is 1. The molecule has 0 saturated carbocycles. The number of hydrogen-bond acceptors (Lipinski definition) is 6. The van der Waals surface area contributed by atoms with Crippen LogP contribution in [-0.4, -0.2) is 70.6 Å². The Bertz CT molecular complexity index is 717. The Balaban J connectivity index is 2.30. The second kappa shape index (κ2) is 8.09. The normalized spacial score (nSPS) is 18.0. The third kappa shape index (κ3) is 4.66. The Morgan fingerprint density at radius 1 is 1.40 bits per heavy atom. The minimum atomic E-state index is -3.73. The fourth-order valence-electron chi connectivity index (χ4n) is 2.76. The minimum Gasteiger partial charge on any atom is -0.383 e. The molecule has 1 aromatic rings. The number of sulfonamides is 1. The molecule has 0 unspecified atom stereocenters. The molecule has 0 spiro atoms. The van der Waals surface area contributed by atoms with Crippen LogP contribution in [0.2, 0.25) is 0 Å². The number of methoxy groups -OCH3 is 1. The number of nitrogens with zero attached hydrogens (tertiary/aromatic N) is 2. The molecule has 0 amide bonds. The van der Waals surface area contributed by atoms with Crippen molar-refractivity contribution in [1.29, 1.82) is 0 Å². The number of nitro benzene ring substituents is 1. The van der Waals surface area contributed by atoms with E-state index in [2.05, 4.69) is 5.32 Å². The quantitative estimate of drug-likeness (QED) is 0.496. The number of rotatable bonds is 7. The highest BCUT2D eigenvalue weighted by Gasteiger charge is 2.31. The Kier molecular flexibility index (Phi) is 6.33. The second-order valence-corrected chi connectivity index (χ2v) is 8.24. The van der Waals surface area contributed by atoms with Crippen LogP contribution in [-0.2, 0) is 14.8 Å². The van der Waals surface area contributed by atoms with E-state index in [4.69, 9.17) is 4.74 Å². The summed E-state index contributed by atoms with van der Waals surface area (Å²) in [5, 5.41) is 14.4. The van der Waals surface area contributed by atoms with Gasteiger partial charge in [0.25, 0.3) is 5.69 Å². The maximum Gasteiger partial charge on any atom is 0.293 e. The van der Waals surface area contributed by atoms with Gasteiger partial charge in [0, 0.05) is 19.2 Å². The van der Waals surface area contributed by atoms with Gasteiger partial charge in [0.05, 0.1) is 49.7 Å². The zero-order valence-corrected chi connectivity index (χ0v) is 15.5. The fourth-order valence-corrected chi connectivity index (χ4v) is 4.22. The highest BCUT2D eigenvalue weighted by atomic mass is 32.2. The van der Waals surface area contributed by atoms with Crippen LogP contribution in [0.15, 0.2) is 23.1 Å². The van der Waals surface area contributed by atoms with Gasteiger partial charge in [0.2, 0.25) is 10.0 Å². The molecule has 1 aliphatic heterocycles. The van der Waals surface area contributed by atoms with Crippen LogP contribution >= 0.6 is 0 Å². The van der Waals surface area contributed by atoms with E-state index in [1.807, 2.05) is 14.0 Å². The molecule has 2 rings (SSSR count). The number of ether oxygens (including phenoxy) is 1. The van der Waals surface area contributed by atoms with E-state index in [1.165, 1.54) is 21.3 Å². The van der Waals surface area contributed by atoms with Crippen LogP contribution in [0.4, 0.5) is 11.4 Å². The van der Waals surface area contributed by atoms with Gasteiger partial charge in [-0.1, -0.05) is 0 Å².